The topological polar surface area (TPSA) is 38.3 Å². The molecule has 0 radical (unpaired) electrons. The van der Waals surface area contributed by atoms with Crippen molar-refractivity contribution in [3.8, 4) is 0 Å². The summed E-state index contributed by atoms with van der Waals surface area (Å²) >= 11 is 0. The fourth-order valence-corrected chi connectivity index (χ4v) is 3.18. The van der Waals surface area contributed by atoms with Crippen molar-refractivity contribution < 1.29 is 9.53 Å². The van der Waals surface area contributed by atoms with E-state index in [9.17, 15) is 4.79 Å². The molecule has 1 N–H and O–H groups in total. The zero-order chi connectivity index (χ0) is 15.3. The summed E-state index contributed by atoms with van der Waals surface area (Å²) in [6.07, 6.45) is 15.1. The minimum atomic E-state index is -0.223. The van der Waals surface area contributed by atoms with Crippen molar-refractivity contribution in [3.63, 3.8) is 0 Å². The molecule has 1 amide bonds. The highest BCUT2D eigenvalue weighted by atomic mass is 16.6. The van der Waals surface area contributed by atoms with Crippen LogP contribution in [0.2, 0.25) is 0 Å². The normalized spacial score (nSPS) is 17.4. The molecule has 1 atom stereocenters. The van der Waals surface area contributed by atoms with E-state index in [1.807, 2.05) is 6.92 Å². The van der Waals surface area contributed by atoms with Gasteiger partial charge in [0, 0.05) is 6.54 Å². The monoisotopic (exact) mass is 297 g/mol. The number of hydrogen-bond donors (Lipinski definition) is 1. The number of ether oxygens (including phenoxy) is 1. The van der Waals surface area contributed by atoms with Crippen molar-refractivity contribution in [2.75, 3.05) is 6.54 Å². The molecular formula is C18H35NO2. The molecule has 1 rings (SSSR count). The molecule has 0 aromatic carbocycles. The summed E-state index contributed by atoms with van der Waals surface area (Å²) in [5.74, 6) is 0.572. The van der Waals surface area contributed by atoms with E-state index in [0.29, 0.717) is 5.92 Å². The smallest absolute Gasteiger partial charge is 0.407 e. The molecule has 1 aliphatic rings. The number of carbonyl (C=O) groups is 1. The number of unbranched alkanes of at least 4 members (excludes halogenated alkanes) is 6. The van der Waals surface area contributed by atoms with E-state index in [1.54, 1.807) is 0 Å². The fraction of sp³-hybridized carbons (Fsp3) is 0.944. The van der Waals surface area contributed by atoms with E-state index >= 15 is 0 Å². The Morgan fingerprint density at radius 3 is 2.33 bits per heavy atom. The van der Waals surface area contributed by atoms with Crippen LogP contribution in [0.25, 0.3) is 0 Å². The van der Waals surface area contributed by atoms with Gasteiger partial charge in [0.05, 0.1) is 0 Å². The van der Waals surface area contributed by atoms with Crippen molar-refractivity contribution >= 4 is 6.09 Å². The van der Waals surface area contributed by atoms with Gasteiger partial charge in [0.15, 0.2) is 0 Å². The third-order valence-electron chi connectivity index (χ3n) is 4.66. The second kappa shape index (κ2) is 11.9. The average molecular weight is 297 g/mol. The van der Waals surface area contributed by atoms with Crippen molar-refractivity contribution in [2.45, 2.75) is 97.0 Å². The molecule has 0 aromatic rings. The maximum atomic E-state index is 11.7. The molecule has 3 heteroatoms. The van der Waals surface area contributed by atoms with Crippen LogP contribution in [0.1, 0.15) is 90.9 Å². The molecule has 1 aliphatic carbocycles. The zero-order valence-corrected chi connectivity index (χ0v) is 14.2. The first-order chi connectivity index (χ1) is 10.2. The molecule has 21 heavy (non-hydrogen) atoms. The Balaban J connectivity index is 1.95. The summed E-state index contributed by atoms with van der Waals surface area (Å²) in [5.41, 5.74) is 0. The number of carbonyl (C=O) groups excluding carboxylic acids is 1. The predicted octanol–water partition coefficient (Wildman–Crippen LogP) is 5.43. The molecule has 0 aliphatic heterocycles. The average Bonchev–Trinajstić information content (AvgIpc) is 2.50. The first kappa shape index (κ1) is 18.3. The Hall–Kier alpha value is -0.730. The lowest BCUT2D eigenvalue weighted by Crippen LogP contribution is -2.32. The minimum absolute atomic E-state index is 0.0688. The first-order valence-corrected chi connectivity index (χ1v) is 9.18. The van der Waals surface area contributed by atoms with Gasteiger partial charge >= 0.3 is 6.09 Å². The Morgan fingerprint density at radius 1 is 1.05 bits per heavy atom. The van der Waals surface area contributed by atoms with Crippen LogP contribution in [0.15, 0.2) is 0 Å². The Morgan fingerprint density at radius 2 is 1.67 bits per heavy atom. The maximum Gasteiger partial charge on any atom is 0.407 e. The lowest BCUT2D eigenvalue weighted by Gasteiger charge is -2.27. The fourth-order valence-electron chi connectivity index (χ4n) is 3.18. The molecule has 124 valence electrons. The SMILES string of the molecule is CCCCCCCCCNC(=O)OC(C)C1CCCCC1. The number of alkyl carbamates (subject to hydrolysis) is 1. The number of rotatable bonds is 10. The third-order valence-corrected chi connectivity index (χ3v) is 4.66. The summed E-state index contributed by atoms with van der Waals surface area (Å²) in [4.78, 5) is 11.7. The second-order valence-corrected chi connectivity index (χ2v) is 6.56. The van der Waals surface area contributed by atoms with Crippen molar-refractivity contribution in [1.82, 2.24) is 5.32 Å². The lowest BCUT2D eigenvalue weighted by molar-refractivity contribution is 0.0595. The zero-order valence-electron chi connectivity index (χ0n) is 14.2. The Labute approximate surface area is 131 Å². The molecule has 0 aromatic heterocycles. The Kier molecular flexibility index (Phi) is 10.4. The highest BCUT2D eigenvalue weighted by Crippen LogP contribution is 2.27. The van der Waals surface area contributed by atoms with Crippen LogP contribution in [0.3, 0.4) is 0 Å². The van der Waals surface area contributed by atoms with Gasteiger partial charge < -0.3 is 10.1 Å². The van der Waals surface area contributed by atoms with Gasteiger partial charge in [-0.05, 0) is 32.1 Å². The predicted molar refractivity (Wildman–Crippen MR) is 88.5 cm³/mol. The molecular weight excluding hydrogens is 262 g/mol. The standard InChI is InChI=1S/C18H35NO2/c1-3-4-5-6-7-8-12-15-19-18(20)21-16(2)17-13-10-9-11-14-17/h16-17H,3-15H2,1-2H3,(H,19,20). The largest absolute Gasteiger partial charge is 0.446 e. The van der Waals surface area contributed by atoms with Crippen LogP contribution in [0.4, 0.5) is 4.79 Å². The van der Waals surface area contributed by atoms with Crippen LogP contribution in [0.5, 0.6) is 0 Å². The van der Waals surface area contributed by atoms with Gasteiger partial charge in [0.25, 0.3) is 0 Å². The van der Waals surface area contributed by atoms with Crippen molar-refractivity contribution in [2.24, 2.45) is 5.92 Å². The summed E-state index contributed by atoms with van der Waals surface area (Å²) in [6.45, 7) is 5.04. The molecule has 0 heterocycles. The van der Waals surface area contributed by atoms with Crippen LogP contribution in [-0.2, 0) is 4.74 Å². The molecule has 1 fully saturated rings. The van der Waals surface area contributed by atoms with Crippen molar-refractivity contribution in [3.05, 3.63) is 0 Å². The number of nitrogens with one attached hydrogen (secondary N) is 1. The summed E-state index contributed by atoms with van der Waals surface area (Å²) < 4.78 is 5.50. The Bertz CT molecular complexity index is 262. The van der Waals surface area contributed by atoms with Gasteiger partial charge in [-0.15, -0.1) is 0 Å². The highest BCUT2D eigenvalue weighted by molar-refractivity contribution is 5.67. The third kappa shape index (κ3) is 9.00. The summed E-state index contributed by atoms with van der Waals surface area (Å²) in [6, 6.07) is 0. The lowest BCUT2D eigenvalue weighted by atomic mass is 9.86. The van der Waals surface area contributed by atoms with E-state index in [2.05, 4.69) is 12.2 Å². The van der Waals surface area contributed by atoms with Gasteiger partial charge in [-0.2, -0.15) is 0 Å². The van der Waals surface area contributed by atoms with Crippen LogP contribution < -0.4 is 5.32 Å². The van der Waals surface area contributed by atoms with E-state index in [4.69, 9.17) is 4.74 Å². The van der Waals surface area contributed by atoms with Gasteiger partial charge in [-0.1, -0.05) is 64.7 Å². The summed E-state index contributed by atoms with van der Waals surface area (Å²) in [5, 5.41) is 2.89. The van der Waals surface area contributed by atoms with E-state index in [0.717, 1.165) is 13.0 Å². The quantitative estimate of drug-likeness (QED) is 0.546. The van der Waals surface area contributed by atoms with Gasteiger partial charge in [0.1, 0.15) is 6.10 Å². The van der Waals surface area contributed by atoms with Crippen LogP contribution in [0, 0.1) is 5.92 Å². The van der Waals surface area contributed by atoms with Gasteiger partial charge in [-0.25, -0.2) is 4.79 Å². The van der Waals surface area contributed by atoms with Gasteiger partial charge in [0.2, 0.25) is 0 Å². The maximum absolute atomic E-state index is 11.7. The highest BCUT2D eigenvalue weighted by Gasteiger charge is 2.22. The van der Waals surface area contributed by atoms with E-state index in [1.165, 1.54) is 70.6 Å². The molecule has 0 spiro atoms. The molecule has 0 bridgehead atoms. The first-order valence-electron chi connectivity index (χ1n) is 9.18. The van der Waals surface area contributed by atoms with E-state index in [-0.39, 0.29) is 12.2 Å². The second-order valence-electron chi connectivity index (χ2n) is 6.56. The molecule has 1 unspecified atom stereocenters. The minimum Gasteiger partial charge on any atom is -0.446 e. The number of amides is 1. The molecule has 3 nitrogen and oxygen atoms in total. The van der Waals surface area contributed by atoms with Crippen LogP contribution >= 0.6 is 0 Å². The number of hydrogen-bond acceptors (Lipinski definition) is 2. The van der Waals surface area contributed by atoms with E-state index < -0.39 is 0 Å². The van der Waals surface area contributed by atoms with Gasteiger partial charge in [-0.3, -0.25) is 0 Å². The van der Waals surface area contributed by atoms with Crippen molar-refractivity contribution in [1.29, 1.82) is 0 Å². The summed E-state index contributed by atoms with van der Waals surface area (Å²) in [7, 11) is 0. The molecule has 1 saturated carbocycles. The molecule has 0 saturated heterocycles. The van der Waals surface area contributed by atoms with Crippen LogP contribution in [-0.4, -0.2) is 18.7 Å².